The predicted octanol–water partition coefficient (Wildman–Crippen LogP) is 3.68. The Balaban J connectivity index is 2.09. The maximum Gasteiger partial charge on any atom is 0.303 e. The first-order valence-electron chi connectivity index (χ1n) is 7.11. The first-order valence-corrected chi connectivity index (χ1v) is 7.11. The molecule has 0 radical (unpaired) electrons. The van der Waals surface area contributed by atoms with E-state index in [2.05, 4.69) is 0 Å². The van der Waals surface area contributed by atoms with Gasteiger partial charge in [-0.15, -0.1) is 0 Å². The van der Waals surface area contributed by atoms with Gasteiger partial charge in [-0.05, 0) is 30.4 Å². The Kier molecular flexibility index (Phi) is 3.00. The van der Waals surface area contributed by atoms with Gasteiger partial charge in [0.25, 0.3) is 0 Å². The summed E-state index contributed by atoms with van der Waals surface area (Å²) in [6.45, 7) is 4.45. The van der Waals surface area contributed by atoms with Crippen molar-refractivity contribution in [1.82, 2.24) is 0 Å². The van der Waals surface area contributed by atoms with Gasteiger partial charge >= 0.3 is 5.97 Å². The number of halogens is 1. The molecule has 4 heteroatoms. The molecule has 1 N–H and O–H groups in total. The summed E-state index contributed by atoms with van der Waals surface area (Å²) in [6, 6.07) is 3.45. The molecule has 1 heterocycles. The van der Waals surface area contributed by atoms with E-state index in [0.717, 1.165) is 24.0 Å². The van der Waals surface area contributed by atoms with Crippen LogP contribution in [0.25, 0.3) is 0 Å². The van der Waals surface area contributed by atoms with E-state index < -0.39 is 5.97 Å². The van der Waals surface area contributed by atoms with Gasteiger partial charge in [0.2, 0.25) is 0 Å². The maximum absolute atomic E-state index is 14.2. The second-order valence-electron chi connectivity index (χ2n) is 6.38. The number of hydrogen-bond donors (Lipinski definition) is 1. The van der Waals surface area contributed by atoms with Crippen molar-refractivity contribution in [3.05, 3.63) is 29.1 Å². The third kappa shape index (κ3) is 2.07. The highest BCUT2D eigenvalue weighted by Crippen LogP contribution is 2.61. The summed E-state index contributed by atoms with van der Waals surface area (Å²) in [5.74, 6) is -0.853. The van der Waals surface area contributed by atoms with Crippen molar-refractivity contribution < 1.29 is 19.0 Å². The van der Waals surface area contributed by atoms with Crippen LogP contribution in [0, 0.1) is 11.2 Å². The molecule has 108 valence electrons. The molecule has 3 nitrogen and oxygen atoms in total. The van der Waals surface area contributed by atoms with Crippen molar-refractivity contribution in [2.75, 3.05) is 6.61 Å². The third-order valence-electron chi connectivity index (χ3n) is 4.65. The largest absolute Gasteiger partial charge is 0.490 e. The Morgan fingerprint density at radius 3 is 2.75 bits per heavy atom. The molecule has 1 spiro atoms. The van der Waals surface area contributed by atoms with Crippen LogP contribution >= 0.6 is 0 Å². The minimum atomic E-state index is -0.829. The van der Waals surface area contributed by atoms with E-state index in [-0.39, 0.29) is 35.2 Å². The number of carbonyl (C=O) groups is 1. The number of carboxylic acids is 1. The molecule has 1 saturated carbocycles. The van der Waals surface area contributed by atoms with Crippen molar-refractivity contribution in [2.24, 2.45) is 5.41 Å². The lowest BCUT2D eigenvalue weighted by atomic mass is 9.78. The van der Waals surface area contributed by atoms with Gasteiger partial charge in [0.15, 0.2) is 11.6 Å². The van der Waals surface area contributed by atoms with Crippen molar-refractivity contribution in [1.29, 1.82) is 0 Å². The van der Waals surface area contributed by atoms with Crippen molar-refractivity contribution >= 4 is 5.97 Å². The van der Waals surface area contributed by atoms with Crippen LogP contribution < -0.4 is 4.74 Å². The number of fused-ring (bicyclic) bond motifs is 1. The molecule has 1 fully saturated rings. The molecule has 0 amide bonds. The number of ether oxygens (including phenoxy) is 1. The van der Waals surface area contributed by atoms with Gasteiger partial charge in [-0.1, -0.05) is 19.9 Å². The molecule has 1 aliphatic heterocycles. The lowest BCUT2D eigenvalue weighted by Crippen LogP contribution is -2.30. The standard InChI is InChI=1S/C16H19FO3/c1-9(2)10-5-11-12(7-14(18)19)16(3-4-16)8-20-15(11)13(17)6-10/h5-6,9,12H,3-4,7-8H2,1-2H3,(H,18,19). The molecule has 1 unspecified atom stereocenters. The summed E-state index contributed by atoms with van der Waals surface area (Å²) in [7, 11) is 0. The summed E-state index contributed by atoms with van der Waals surface area (Å²) >= 11 is 0. The molecular weight excluding hydrogens is 259 g/mol. The molecule has 0 aromatic heterocycles. The molecule has 0 saturated heterocycles. The Morgan fingerprint density at radius 2 is 2.20 bits per heavy atom. The van der Waals surface area contributed by atoms with E-state index >= 15 is 0 Å². The Morgan fingerprint density at radius 1 is 1.50 bits per heavy atom. The Labute approximate surface area is 117 Å². The first-order chi connectivity index (χ1) is 9.43. The lowest BCUT2D eigenvalue weighted by Gasteiger charge is -2.34. The van der Waals surface area contributed by atoms with Crippen molar-refractivity contribution in [2.45, 2.75) is 44.9 Å². The number of rotatable bonds is 3. The average molecular weight is 278 g/mol. The van der Waals surface area contributed by atoms with E-state index in [4.69, 9.17) is 9.84 Å². The van der Waals surface area contributed by atoms with Crippen LogP contribution in [0.15, 0.2) is 12.1 Å². The number of aliphatic carboxylic acids is 1. The number of benzene rings is 1. The van der Waals surface area contributed by atoms with Crippen LogP contribution in [0.5, 0.6) is 5.75 Å². The third-order valence-corrected chi connectivity index (χ3v) is 4.65. The zero-order valence-corrected chi connectivity index (χ0v) is 11.8. The quantitative estimate of drug-likeness (QED) is 0.917. The normalized spacial score (nSPS) is 22.5. The van der Waals surface area contributed by atoms with E-state index in [1.807, 2.05) is 19.9 Å². The highest BCUT2D eigenvalue weighted by atomic mass is 19.1. The van der Waals surface area contributed by atoms with Gasteiger partial charge in [0.1, 0.15) is 0 Å². The minimum absolute atomic E-state index is 0.0529. The fourth-order valence-corrected chi connectivity index (χ4v) is 3.18. The summed E-state index contributed by atoms with van der Waals surface area (Å²) < 4.78 is 19.8. The summed E-state index contributed by atoms with van der Waals surface area (Å²) in [6.07, 6.45) is 1.99. The summed E-state index contributed by atoms with van der Waals surface area (Å²) in [5, 5.41) is 9.16. The molecule has 20 heavy (non-hydrogen) atoms. The minimum Gasteiger partial charge on any atom is -0.490 e. The topological polar surface area (TPSA) is 46.5 Å². The van der Waals surface area contributed by atoms with Gasteiger partial charge in [-0.25, -0.2) is 4.39 Å². The fraction of sp³-hybridized carbons (Fsp3) is 0.562. The molecule has 1 aliphatic carbocycles. The molecule has 1 atom stereocenters. The van der Waals surface area contributed by atoms with Crippen LogP contribution in [0.3, 0.4) is 0 Å². The molecule has 1 aromatic carbocycles. The molecule has 2 aliphatic rings. The Hall–Kier alpha value is -1.58. The first kappa shape index (κ1) is 13.4. The van der Waals surface area contributed by atoms with E-state index in [1.54, 1.807) is 0 Å². The van der Waals surface area contributed by atoms with E-state index in [1.165, 1.54) is 6.07 Å². The van der Waals surface area contributed by atoms with E-state index in [0.29, 0.717) is 6.61 Å². The molecule has 1 aromatic rings. The second kappa shape index (κ2) is 4.47. The smallest absolute Gasteiger partial charge is 0.303 e. The van der Waals surface area contributed by atoms with Crippen LogP contribution in [0.2, 0.25) is 0 Å². The molecule has 0 bridgehead atoms. The summed E-state index contributed by atoms with van der Waals surface area (Å²) in [4.78, 5) is 11.2. The average Bonchev–Trinajstić information content (AvgIpc) is 3.13. The van der Waals surface area contributed by atoms with Crippen LogP contribution in [-0.4, -0.2) is 17.7 Å². The zero-order valence-electron chi connectivity index (χ0n) is 11.8. The van der Waals surface area contributed by atoms with Crippen molar-refractivity contribution in [3.8, 4) is 5.75 Å². The molecular formula is C16H19FO3. The zero-order chi connectivity index (χ0) is 14.5. The van der Waals surface area contributed by atoms with Crippen molar-refractivity contribution in [3.63, 3.8) is 0 Å². The van der Waals surface area contributed by atoms with Crippen LogP contribution in [-0.2, 0) is 4.79 Å². The van der Waals surface area contributed by atoms with Gasteiger partial charge < -0.3 is 9.84 Å². The van der Waals surface area contributed by atoms with Crippen LogP contribution in [0.1, 0.15) is 56.1 Å². The van der Waals surface area contributed by atoms with Gasteiger partial charge in [-0.3, -0.25) is 4.79 Å². The van der Waals surface area contributed by atoms with Gasteiger partial charge in [0, 0.05) is 16.9 Å². The fourth-order valence-electron chi connectivity index (χ4n) is 3.18. The van der Waals surface area contributed by atoms with Gasteiger partial charge in [0.05, 0.1) is 13.0 Å². The van der Waals surface area contributed by atoms with Crippen LogP contribution in [0.4, 0.5) is 4.39 Å². The second-order valence-corrected chi connectivity index (χ2v) is 6.38. The Bertz CT molecular complexity index is 561. The van der Waals surface area contributed by atoms with Gasteiger partial charge in [-0.2, -0.15) is 0 Å². The number of carboxylic acid groups (broad SMARTS) is 1. The SMILES string of the molecule is CC(C)c1cc(F)c2c(c1)C(CC(=O)O)C1(CC1)CO2. The monoisotopic (exact) mass is 278 g/mol. The highest BCUT2D eigenvalue weighted by Gasteiger charge is 2.54. The van der Waals surface area contributed by atoms with E-state index in [9.17, 15) is 9.18 Å². The highest BCUT2D eigenvalue weighted by molar-refractivity contribution is 5.69. The maximum atomic E-state index is 14.2. The lowest BCUT2D eigenvalue weighted by molar-refractivity contribution is -0.138. The number of hydrogen-bond acceptors (Lipinski definition) is 2. The summed E-state index contributed by atoms with van der Waals surface area (Å²) in [5.41, 5.74) is 1.57. The molecule has 3 rings (SSSR count). The predicted molar refractivity (Wildman–Crippen MR) is 72.6 cm³/mol.